The molecule has 1 rings (SSSR count). The molecule has 0 heterocycles. The fourth-order valence-corrected chi connectivity index (χ4v) is 1.19. The Labute approximate surface area is 79.3 Å². The van der Waals surface area contributed by atoms with Crippen LogP contribution >= 0.6 is 15.9 Å². The van der Waals surface area contributed by atoms with E-state index in [1.54, 1.807) is 12.1 Å². The van der Waals surface area contributed by atoms with Crippen LogP contribution in [-0.4, -0.2) is 18.3 Å². The second kappa shape index (κ2) is 4.33. The summed E-state index contributed by atoms with van der Waals surface area (Å²) in [5, 5.41) is 8.50. The Bertz CT molecular complexity index is 265. The van der Waals surface area contributed by atoms with Crippen molar-refractivity contribution >= 4 is 21.6 Å². The van der Waals surface area contributed by atoms with E-state index in [1.807, 2.05) is 6.07 Å². The van der Waals surface area contributed by atoms with Crippen LogP contribution in [0.25, 0.3) is 0 Å². The third-order valence-corrected chi connectivity index (χ3v) is 1.81. The summed E-state index contributed by atoms with van der Waals surface area (Å²) in [5.41, 5.74) is 6.19. The summed E-state index contributed by atoms with van der Waals surface area (Å²) in [4.78, 5) is 0. The predicted octanol–water partition coefficient (Wildman–Crippen LogP) is 1.40. The van der Waals surface area contributed by atoms with E-state index in [0.717, 1.165) is 4.47 Å². The number of anilines is 1. The van der Waals surface area contributed by atoms with Crippen molar-refractivity contribution in [1.82, 2.24) is 0 Å². The average molecular weight is 232 g/mol. The van der Waals surface area contributed by atoms with Crippen LogP contribution in [0.5, 0.6) is 5.75 Å². The first-order chi connectivity index (χ1) is 5.74. The predicted molar refractivity (Wildman–Crippen MR) is 51.1 cm³/mol. The van der Waals surface area contributed by atoms with Gasteiger partial charge in [-0.1, -0.05) is 15.9 Å². The third kappa shape index (κ3) is 2.39. The van der Waals surface area contributed by atoms with E-state index in [2.05, 4.69) is 15.9 Å². The standard InChI is InChI=1S/C8H10BrNO2/c9-6-1-2-8(7(10)5-6)12-4-3-11/h1-2,5,11H,3-4,10H2. The number of benzene rings is 1. The molecule has 0 aliphatic heterocycles. The molecule has 0 spiro atoms. The van der Waals surface area contributed by atoms with Gasteiger partial charge in [0, 0.05) is 4.47 Å². The summed E-state index contributed by atoms with van der Waals surface area (Å²) in [7, 11) is 0. The number of nitrogens with two attached hydrogens (primary N) is 1. The topological polar surface area (TPSA) is 55.5 Å². The number of hydrogen-bond acceptors (Lipinski definition) is 3. The lowest BCUT2D eigenvalue weighted by atomic mass is 10.3. The summed E-state index contributed by atoms with van der Waals surface area (Å²) in [6.07, 6.45) is 0. The van der Waals surface area contributed by atoms with Gasteiger partial charge in [0.2, 0.25) is 0 Å². The van der Waals surface area contributed by atoms with Gasteiger partial charge in [-0.05, 0) is 18.2 Å². The quantitative estimate of drug-likeness (QED) is 0.774. The lowest BCUT2D eigenvalue weighted by Gasteiger charge is -2.06. The molecule has 0 atom stereocenters. The highest BCUT2D eigenvalue weighted by atomic mass is 79.9. The smallest absolute Gasteiger partial charge is 0.142 e. The molecule has 0 fully saturated rings. The normalized spacial score (nSPS) is 9.83. The molecule has 0 saturated heterocycles. The van der Waals surface area contributed by atoms with Crippen molar-refractivity contribution in [2.75, 3.05) is 18.9 Å². The molecule has 3 N–H and O–H groups in total. The molecule has 0 aliphatic rings. The molecule has 66 valence electrons. The first-order valence-electron chi connectivity index (χ1n) is 3.52. The van der Waals surface area contributed by atoms with Crippen LogP contribution in [0.3, 0.4) is 0 Å². The lowest BCUT2D eigenvalue weighted by Crippen LogP contribution is -2.03. The highest BCUT2D eigenvalue weighted by Gasteiger charge is 1.99. The number of halogens is 1. The monoisotopic (exact) mass is 231 g/mol. The van der Waals surface area contributed by atoms with Crippen molar-refractivity contribution in [2.45, 2.75) is 0 Å². The Hall–Kier alpha value is -0.740. The van der Waals surface area contributed by atoms with E-state index in [1.165, 1.54) is 0 Å². The zero-order valence-electron chi connectivity index (χ0n) is 6.46. The maximum Gasteiger partial charge on any atom is 0.142 e. The minimum atomic E-state index is -0.00446. The Morgan fingerprint density at radius 3 is 2.83 bits per heavy atom. The van der Waals surface area contributed by atoms with Gasteiger partial charge in [-0.2, -0.15) is 0 Å². The molecule has 0 amide bonds. The SMILES string of the molecule is Nc1cc(Br)ccc1OCCO. The van der Waals surface area contributed by atoms with Crippen LogP contribution in [0.15, 0.2) is 22.7 Å². The molecular formula is C8H10BrNO2. The molecule has 0 bridgehead atoms. The van der Waals surface area contributed by atoms with Gasteiger partial charge >= 0.3 is 0 Å². The summed E-state index contributed by atoms with van der Waals surface area (Å²) >= 11 is 3.28. The van der Waals surface area contributed by atoms with E-state index in [9.17, 15) is 0 Å². The zero-order valence-corrected chi connectivity index (χ0v) is 8.04. The Kier molecular flexibility index (Phi) is 3.37. The number of hydrogen-bond donors (Lipinski definition) is 2. The second-order valence-corrected chi connectivity index (χ2v) is 3.17. The summed E-state index contributed by atoms with van der Waals surface area (Å²) < 4.78 is 6.06. The van der Waals surface area contributed by atoms with E-state index < -0.39 is 0 Å². The van der Waals surface area contributed by atoms with Gasteiger partial charge in [-0.25, -0.2) is 0 Å². The van der Waals surface area contributed by atoms with Gasteiger partial charge in [0.1, 0.15) is 12.4 Å². The van der Waals surface area contributed by atoms with Crippen LogP contribution in [-0.2, 0) is 0 Å². The average Bonchev–Trinajstić information content (AvgIpc) is 2.03. The van der Waals surface area contributed by atoms with Crippen molar-refractivity contribution < 1.29 is 9.84 Å². The van der Waals surface area contributed by atoms with E-state index in [-0.39, 0.29) is 13.2 Å². The van der Waals surface area contributed by atoms with E-state index in [4.69, 9.17) is 15.6 Å². The summed E-state index contributed by atoms with van der Waals surface area (Å²) in [6.45, 7) is 0.265. The molecule has 1 aromatic rings. The Morgan fingerprint density at radius 1 is 1.50 bits per heavy atom. The molecule has 0 radical (unpaired) electrons. The van der Waals surface area contributed by atoms with Crippen molar-refractivity contribution in [2.24, 2.45) is 0 Å². The molecule has 4 heteroatoms. The molecular weight excluding hydrogens is 222 g/mol. The molecule has 0 aromatic heterocycles. The van der Waals surface area contributed by atoms with Gasteiger partial charge in [0.05, 0.1) is 12.3 Å². The van der Waals surface area contributed by atoms with Crippen molar-refractivity contribution in [1.29, 1.82) is 0 Å². The largest absolute Gasteiger partial charge is 0.489 e. The molecule has 3 nitrogen and oxygen atoms in total. The Balaban J connectivity index is 2.72. The number of ether oxygens (including phenoxy) is 1. The first-order valence-corrected chi connectivity index (χ1v) is 4.32. The summed E-state index contributed by atoms with van der Waals surface area (Å²) in [5.74, 6) is 0.604. The van der Waals surface area contributed by atoms with E-state index >= 15 is 0 Å². The van der Waals surface area contributed by atoms with Gasteiger partial charge in [0.25, 0.3) is 0 Å². The van der Waals surface area contributed by atoms with Crippen molar-refractivity contribution in [3.8, 4) is 5.75 Å². The zero-order chi connectivity index (χ0) is 8.97. The maximum atomic E-state index is 8.50. The van der Waals surface area contributed by atoms with Crippen LogP contribution in [0.4, 0.5) is 5.69 Å². The van der Waals surface area contributed by atoms with Gasteiger partial charge in [-0.15, -0.1) is 0 Å². The number of nitrogen functional groups attached to an aromatic ring is 1. The maximum absolute atomic E-state index is 8.50. The molecule has 0 saturated carbocycles. The van der Waals surface area contributed by atoms with Gasteiger partial charge < -0.3 is 15.6 Å². The molecule has 0 aliphatic carbocycles. The number of aliphatic hydroxyl groups is 1. The fourth-order valence-electron chi connectivity index (χ4n) is 0.806. The fraction of sp³-hybridized carbons (Fsp3) is 0.250. The number of rotatable bonds is 3. The molecule has 1 aromatic carbocycles. The van der Waals surface area contributed by atoms with Crippen molar-refractivity contribution in [3.63, 3.8) is 0 Å². The Morgan fingerprint density at radius 2 is 2.25 bits per heavy atom. The second-order valence-electron chi connectivity index (χ2n) is 2.25. The lowest BCUT2D eigenvalue weighted by molar-refractivity contribution is 0.202. The summed E-state index contributed by atoms with van der Waals surface area (Å²) in [6, 6.07) is 5.35. The molecule has 0 unspecified atom stereocenters. The minimum Gasteiger partial charge on any atom is -0.489 e. The van der Waals surface area contributed by atoms with Crippen LogP contribution in [0.1, 0.15) is 0 Å². The first kappa shape index (κ1) is 9.35. The third-order valence-electron chi connectivity index (χ3n) is 1.32. The van der Waals surface area contributed by atoms with Gasteiger partial charge in [-0.3, -0.25) is 0 Å². The minimum absolute atomic E-state index is 0.00446. The van der Waals surface area contributed by atoms with E-state index in [0.29, 0.717) is 11.4 Å². The van der Waals surface area contributed by atoms with Crippen molar-refractivity contribution in [3.05, 3.63) is 22.7 Å². The molecule has 12 heavy (non-hydrogen) atoms. The van der Waals surface area contributed by atoms with Crippen LogP contribution < -0.4 is 10.5 Å². The highest BCUT2D eigenvalue weighted by molar-refractivity contribution is 9.10. The van der Waals surface area contributed by atoms with Crippen LogP contribution in [0.2, 0.25) is 0 Å². The van der Waals surface area contributed by atoms with Gasteiger partial charge in [0.15, 0.2) is 0 Å². The van der Waals surface area contributed by atoms with Crippen LogP contribution in [0, 0.1) is 0 Å². The number of aliphatic hydroxyl groups excluding tert-OH is 1. The highest BCUT2D eigenvalue weighted by Crippen LogP contribution is 2.24.